The fourth-order valence-electron chi connectivity index (χ4n) is 3.02. The number of carbonyl (C=O) groups excluding carboxylic acids is 1. The monoisotopic (exact) mass is 248 g/mol. The highest BCUT2D eigenvalue weighted by molar-refractivity contribution is 5.82. The lowest BCUT2D eigenvalue weighted by Gasteiger charge is -2.33. The highest BCUT2D eigenvalue weighted by Crippen LogP contribution is 2.26. The summed E-state index contributed by atoms with van der Waals surface area (Å²) in [5, 5.41) is 10.3. The predicted octanol–water partition coefficient (Wildman–Crippen LogP) is 0.868. The average molecular weight is 248 g/mol. The van der Waals surface area contributed by atoms with E-state index in [0.29, 0.717) is 11.8 Å². The molecule has 2 aliphatic rings. The van der Waals surface area contributed by atoms with E-state index in [-0.39, 0.29) is 6.04 Å². The summed E-state index contributed by atoms with van der Waals surface area (Å²) < 4.78 is 0. The minimum absolute atomic E-state index is 0.0775. The van der Waals surface area contributed by atoms with Gasteiger partial charge in [-0.3, -0.25) is 9.89 Å². The first kappa shape index (κ1) is 11.7. The number of aromatic nitrogens is 2. The number of hydrogen-bond acceptors (Lipinski definition) is 3. The second kappa shape index (κ2) is 5.10. The summed E-state index contributed by atoms with van der Waals surface area (Å²) in [6, 6.07) is 2.12. The summed E-state index contributed by atoms with van der Waals surface area (Å²) in [6.07, 6.45) is 6.01. The maximum atomic E-state index is 12.2. The van der Waals surface area contributed by atoms with Crippen molar-refractivity contribution in [1.29, 1.82) is 0 Å². The first-order chi connectivity index (χ1) is 8.84. The molecule has 2 fully saturated rings. The molecule has 1 unspecified atom stereocenters. The van der Waals surface area contributed by atoms with Crippen molar-refractivity contribution in [2.75, 3.05) is 19.6 Å². The van der Waals surface area contributed by atoms with E-state index in [1.165, 1.54) is 5.69 Å². The third-order valence-electron chi connectivity index (χ3n) is 4.13. The molecule has 1 aromatic heterocycles. The standard InChI is InChI=1S/C13H20N4O/c18-13(12-2-1-6-14-12)17-8-4-10(5-9-17)11-3-7-15-16-11/h3,7,10,12,14H,1-2,4-6,8-9H2,(H,15,16). The molecule has 18 heavy (non-hydrogen) atoms. The van der Waals surface area contributed by atoms with Crippen LogP contribution in [0.2, 0.25) is 0 Å². The molecule has 0 radical (unpaired) electrons. The molecule has 3 rings (SSSR count). The van der Waals surface area contributed by atoms with Gasteiger partial charge in [0.15, 0.2) is 0 Å². The maximum absolute atomic E-state index is 12.2. The third kappa shape index (κ3) is 2.27. The second-order valence-electron chi connectivity index (χ2n) is 5.26. The van der Waals surface area contributed by atoms with Crippen LogP contribution in [0.4, 0.5) is 0 Å². The number of piperidine rings is 1. The van der Waals surface area contributed by atoms with Gasteiger partial charge in [0.05, 0.1) is 6.04 Å². The summed E-state index contributed by atoms with van der Waals surface area (Å²) in [4.78, 5) is 14.3. The smallest absolute Gasteiger partial charge is 0.239 e. The number of aromatic amines is 1. The van der Waals surface area contributed by atoms with Crippen LogP contribution >= 0.6 is 0 Å². The molecule has 3 heterocycles. The van der Waals surface area contributed by atoms with Gasteiger partial charge < -0.3 is 10.2 Å². The van der Waals surface area contributed by atoms with Crippen molar-refractivity contribution >= 4 is 5.91 Å². The number of H-pyrrole nitrogens is 1. The third-order valence-corrected chi connectivity index (χ3v) is 4.13. The van der Waals surface area contributed by atoms with Gasteiger partial charge in [0.25, 0.3) is 0 Å². The molecule has 2 N–H and O–H groups in total. The first-order valence-electron chi connectivity index (χ1n) is 6.86. The van der Waals surface area contributed by atoms with Crippen molar-refractivity contribution in [1.82, 2.24) is 20.4 Å². The molecular weight excluding hydrogens is 228 g/mol. The van der Waals surface area contributed by atoms with Crippen LogP contribution in [-0.2, 0) is 4.79 Å². The Hall–Kier alpha value is -1.36. The Morgan fingerprint density at radius 1 is 1.33 bits per heavy atom. The molecule has 0 aromatic carbocycles. The molecule has 2 saturated heterocycles. The van der Waals surface area contributed by atoms with Gasteiger partial charge in [-0.2, -0.15) is 5.10 Å². The van der Waals surface area contributed by atoms with Crippen molar-refractivity contribution < 1.29 is 4.79 Å². The molecule has 1 atom stereocenters. The zero-order valence-electron chi connectivity index (χ0n) is 10.6. The van der Waals surface area contributed by atoms with E-state index in [1.54, 1.807) is 6.20 Å². The maximum Gasteiger partial charge on any atom is 0.239 e. The Labute approximate surface area is 107 Å². The molecule has 1 amide bonds. The summed E-state index contributed by atoms with van der Waals surface area (Å²) in [6.45, 7) is 2.74. The molecule has 2 aliphatic heterocycles. The Morgan fingerprint density at radius 2 is 2.17 bits per heavy atom. The van der Waals surface area contributed by atoms with Gasteiger partial charge in [-0.25, -0.2) is 0 Å². The summed E-state index contributed by atoms with van der Waals surface area (Å²) in [5.41, 5.74) is 1.21. The Bertz CT molecular complexity index is 389. The van der Waals surface area contributed by atoms with Crippen LogP contribution in [-0.4, -0.2) is 46.7 Å². The van der Waals surface area contributed by atoms with E-state index in [0.717, 1.165) is 45.3 Å². The SMILES string of the molecule is O=C(C1CCCN1)N1CCC(c2ccn[nH]2)CC1. The van der Waals surface area contributed by atoms with E-state index < -0.39 is 0 Å². The first-order valence-corrected chi connectivity index (χ1v) is 6.86. The zero-order chi connectivity index (χ0) is 12.4. The normalized spacial score (nSPS) is 25.6. The van der Waals surface area contributed by atoms with Crippen molar-refractivity contribution in [3.8, 4) is 0 Å². The molecule has 0 spiro atoms. The van der Waals surface area contributed by atoms with Gasteiger partial charge in [0.1, 0.15) is 0 Å². The Balaban J connectivity index is 1.55. The van der Waals surface area contributed by atoms with Gasteiger partial charge in [-0.1, -0.05) is 0 Å². The Kier molecular flexibility index (Phi) is 3.32. The summed E-state index contributed by atoms with van der Waals surface area (Å²) in [5.74, 6) is 0.837. The van der Waals surface area contributed by atoms with Crippen molar-refractivity contribution in [3.63, 3.8) is 0 Å². The topological polar surface area (TPSA) is 61.0 Å². The molecule has 98 valence electrons. The quantitative estimate of drug-likeness (QED) is 0.816. The van der Waals surface area contributed by atoms with Crippen LogP contribution < -0.4 is 5.32 Å². The van der Waals surface area contributed by atoms with Crippen LogP contribution in [0, 0.1) is 0 Å². The zero-order valence-corrected chi connectivity index (χ0v) is 10.6. The fourth-order valence-corrected chi connectivity index (χ4v) is 3.02. The highest BCUT2D eigenvalue weighted by Gasteiger charge is 2.30. The molecule has 0 saturated carbocycles. The largest absolute Gasteiger partial charge is 0.341 e. The minimum atomic E-state index is 0.0775. The van der Waals surface area contributed by atoms with Crippen molar-refractivity contribution in [2.24, 2.45) is 0 Å². The Morgan fingerprint density at radius 3 is 2.78 bits per heavy atom. The summed E-state index contributed by atoms with van der Waals surface area (Å²) >= 11 is 0. The van der Waals surface area contributed by atoms with Crippen LogP contribution in [0.15, 0.2) is 12.3 Å². The fraction of sp³-hybridized carbons (Fsp3) is 0.692. The minimum Gasteiger partial charge on any atom is -0.341 e. The van der Waals surface area contributed by atoms with Crippen molar-refractivity contribution in [3.05, 3.63) is 18.0 Å². The van der Waals surface area contributed by atoms with Crippen LogP contribution in [0.1, 0.15) is 37.3 Å². The molecule has 1 aromatic rings. The van der Waals surface area contributed by atoms with Crippen LogP contribution in [0.25, 0.3) is 0 Å². The second-order valence-corrected chi connectivity index (χ2v) is 5.26. The van der Waals surface area contributed by atoms with Crippen LogP contribution in [0.5, 0.6) is 0 Å². The predicted molar refractivity (Wildman–Crippen MR) is 68.2 cm³/mol. The van der Waals surface area contributed by atoms with E-state index >= 15 is 0 Å². The lowest BCUT2D eigenvalue weighted by atomic mass is 9.93. The number of amides is 1. The van der Waals surface area contributed by atoms with Gasteiger partial charge >= 0.3 is 0 Å². The van der Waals surface area contributed by atoms with Gasteiger partial charge in [-0.05, 0) is 38.3 Å². The number of nitrogens with zero attached hydrogens (tertiary/aromatic N) is 2. The van der Waals surface area contributed by atoms with Gasteiger partial charge in [-0.15, -0.1) is 0 Å². The molecule has 5 heteroatoms. The van der Waals surface area contributed by atoms with Gasteiger partial charge in [0, 0.05) is 30.9 Å². The van der Waals surface area contributed by atoms with Crippen molar-refractivity contribution in [2.45, 2.75) is 37.6 Å². The molecule has 0 aliphatic carbocycles. The number of hydrogen-bond donors (Lipinski definition) is 2. The lowest BCUT2D eigenvalue weighted by molar-refractivity contribution is -0.134. The molecule has 5 nitrogen and oxygen atoms in total. The number of nitrogens with one attached hydrogen (secondary N) is 2. The summed E-state index contributed by atoms with van der Waals surface area (Å²) in [7, 11) is 0. The number of rotatable bonds is 2. The lowest BCUT2D eigenvalue weighted by Crippen LogP contribution is -2.46. The number of carbonyl (C=O) groups is 1. The highest BCUT2D eigenvalue weighted by atomic mass is 16.2. The van der Waals surface area contributed by atoms with E-state index in [1.807, 2.05) is 11.0 Å². The molecular formula is C13H20N4O. The van der Waals surface area contributed by atoms with Gasteiger partial charge in [0.2, 0.25) is 5.91 Å². The molecule has 0 bridgehead atoms. The average Bonchev–Trinajstić information content (AvgIpc) is 3.11. The van der Waals surface area contributed by atoms with Crippen LogP contribution in [0.3, 0.4) is 0 Å². The van der Waals surface area contributed by atoms with E-state index in [9.17, 15) is 4.79 Å². The van der Waals surface area contributed by atoms with E-state index in [4.69, 9.17) is 0 Å². The number of likely N-dealkylation sites (tertiary alicyclic amines) is 1. The van der Waals surface area contributed by atoms with E-state index in [2.05, 4.69) is 15.5 Å².